The minimum atomic E-state index is -0.726. The number of aromatic nitrogens is 6. The Labute approximate surface area is 201 Å². The fourth-order valence-corrected chi connectivity index (χ4v) is 4.08. The maximum atomic E-state index is 13.9. The van der Waals surface area contributed by atoms with E-state index in [1.54, 1.807) is 6.92 Å². The predicted octanol–water partition coefficient (Wildman–Crippen LogP) is 5.14. The molecule has 0 unspecified atom stereocenters. The minimum Gasteiger partial charge on any atom is -0.480 e. The van der Waals surface area contributed by atoms with Gasteiger partial charge < -0.3 is 9.47 Å². The maximum absolute atomic E-state index is 13.9. The lowest BCUT2D eigenvalue weighted by molar-refractivity contribution is 0.0149. The number of rotatable bonds is 4. The van der Waals surface area contributed by atoms with Crippen LogP contribution >= 0.6 is 0 Å². The van der Waals surface area contributed by atoms with Crippen LogP contribution in [-0.4, -0.2) is 43.4 Å². The first-order chi connectivity index (χ1) is 17.0. The zero-order valence-electron chi connectivity index (χ0n) is 19.6. The van der Waals surface area contributed by atoms with E-state index in [1.807, 2.05) is 6.20 Å². The van der Waals surface area contributed by atoms with Crippen molar-refractivity contribution in [2.24, 2.45) is 0 Å². The van der Waals surface area contributed by atoms with Crippen LogP contribution in [0.4, 0.5) is 8.78 Å². The zero-order valence-corrected chi connectivity index (χ0v) is 19.6. The Morgan fingerprint density at radius 3 is 2.66 bits per heavy atom. The lowest BCUT2D eigenvalue weighted by Crippen LogP contribution is -2.10. The number of halogens is 2. The van der Waals surface area contributed by atoms with Gasteiger partial charge in [-0.2, -0.15) is 5.10 Å². The third-order valence-electron chi connectivity index (χ3n) is 6.07. The maximum Gasteiger partial charge on any atom is 0.235 e. The summed E-state index contributed by atoms with van der Waals surface area (Å²) in [5.74, 6) is -1.08. The smallest absolute Gasteiger partial charge is 0.235 e. The first kappa shape index (κ1) is 23.2. The van der Waals surface area contributed by atoms with Crippen molar-refractivity contribution in [1.82, 2.24) is 29.7 Å². The molecule has 1 saturated carbocycles. The van der Waals surface area contributed by atoms with E-state index in [1.165, 1.54) is 50.8 Å². The fraction of sp³-hybridized carbons (Fsp3) is 0.400. The van der Waals surface area contributed by atoms with Crippen molar-refractivity contribution in [2.75, 3.05) is 13.7 Å². The van der Waals surface area contributed by atoms with E-state index in [4.69, 9.17) is 9.47 Å². The Kier molecular flexibility index (Phi) is 6.63. The van der Waals surface area contributed by atoms with Crippen molar-refractivity contribution < 1.29 is 18.3 Å². The summed E-state index contributed by atoms with van der Waals surface area (Å²) < 4.78 is 39.9. The summed E-state index contributed by atoms with van der Waals surface area (Å²) in [6.07, 6.45) is 12.0. The van der Waals surface area contributed by atoms with Crippen molar-refractivity contribution in [3.05, 3.63) is 59.8 Å². The average Bonchev–Trinajstić information content (AvgIpc) is 3.60. The normalized spacial score (nSPS) is 17.7. The molecule has 35 heavy (non-hydrogen) atoms. The molecule has 0 amide bonds. The van der Waals surface area contributed by atoms with Gasteiger partial charge in [0.2, 0.25) is 5.88 Å². The standard InChI is InChI=1S/C14H10F2N4O.C11H16N2O/c1-7-14(21-2)20-12-11(17-6-18-13(12)19-7)9-4-3-8(15)5-10(9)16;1-2-6-14-11(3-1)9-7-12-13(8-9)10-4-5-10/h3-6H,1-2H3;7-8,10-11H,1-6H2/t;11-/m.1/s1. The first-order valence-corrected chi connectivity index (χ1v) is 11.7. The van der Waals surface area contributed by atoms with E-state index in [2.05, 4.69) is 35.9 Å². The molecule has 4 heterocycles. The Balaban J connectivity index is 0.000000156. The lowest BCUT2D eigenvalue weighted by atomic mass is 10.0. The molecule has 0 bridgehead atoms. The van der Waals surface area contributed by atoms with E-state index >= 15 is 0 Å². The van der Waals surface area contributed by atoms with Crippen LogP contribution in [0.3, 0.4) is 0 Å². The summed E-state index contributed by atoms with van der Waals surface area (Å²) in [6, 6.07) is 3.95. The number of benzene rings is 1. The molecule has 182 valence electrons. The van der Waals surface area contributed by atoms with Gasteiger partial charge >= 0.3 is 0 Å². The Morgan fingerprint density at radius 2 is 1.94 bits per heavy atom. The molecule has 1 aliphatic heterocycles. The number of hydrogen-bond donors (Lipinski definition) is 0. The number of hydrogen-bond acceptors (Lipinski definition) is 7. The molecule has 1 atom stereocenters. The van der Waals surface area contributed by atoms with Crippen molar-refractivity contribution in [3.8, 4) is 17.1 Å². The van der Waals surface area contributed by atoms with Crippen LogP contribution in [0.5, 0.6) is 5.88 Å². The summed E-state index contributed by atoms with van der Waals surface area (Å²) >= 11 is 0. The molecule has 10 heteroatoms. The topological polar surface area (TPSA) is 87.8 Å². The van der Waals surface area contributed by atoms with Crippen LogP contribution in [-0.2, 0) is 4.74 Å². The molecule has 2 aliphatic rings. The molecule has 0 spiro atoms. The van der Waals surface area contributed by atoms with E-state index < -0.39 is 11.6 Å². The van der Waals surface area contributed by atoms with Crippen molar-refractivity contribution in [3.63, 3.8) is 0 Å². The van der Waals surface area contributed by atoms with Gasteiger partial charge in [-0.25, -0.2) is 28.7 Å². The Bertz CT molecular complexity index is 1340. The minimum absolute atomic E-state index is 0.129. The van der Waals surface area contributed by atoms with E-state index in [9.17, 15) is 8.78 Å². The van der Waals surface area contributed by atoms with Crippen LogP contribution in [0.15, 0.2) is 36.9 Å². The van der Waals surface area contributed by atoms with Gasteiger partial charge in [0.15, 0.2) is 5.65 Å². The van der Waals surface area contributed by atoms with Gasteiger partial charge in [0, 0.05) is 30.0 Å². The fourth-order valence-electron chi connectivity index (χ4n) is 4.08. The molecule has 0 radical (unpaired) electrons. The van der Waals surface area contributed by atoms with Gasteiger partial charge in [-0.1, -0.05) is 0 Å². The number of nitrogens with zero attached hydrogens (tertiary/aromatic N) is 6. The number of aryl methyl sites for hydroxylation is 1. The predicted molar refractivity (Wildman–Crippen MR) is 125 cm³/mol. The van der Waals surface area contributed by atoms with Gasteiger partial charge in [0.1, 0.15) is 34.9 Å². The molecule has 2 fully saturated rings. The second-order valence-corrected chi connectivity index (χ2v) is 8.68. The van der Waals surface area contributed by atoms with Crippen LogP contribution in [0.1, 0.15) is 55.5 Å². The van der Waals surface area contributed by atoms with Crippen LogP contribution in [0.2, 0.25) is 0 Å². The molecule has 4 aromatic rings. The molecule has 0 N–H and O–H groups in total. The molecule has 1 aromatic carbocycles. The number of methoxy groups -OCH3 is 1. The third kappa shape index (κ3) is 5.12. The summed E-state index contributed by atoms with van der Waals surface area (Å²) in [7, 11) is 1.46. The third-order valence-corrected chi connectivity index (χ3v) is 6.07. The molecule has 1 aliphatic carbocycles. The summed E-state index contributed by atoms with van der Waals surface area (Å²) in [5, 5.41) is 4.39. The highest BCUT2D eigenvalue weighted by Crippen LogP contribution is 2.36. The second kappa shape index (κ2) is 9.99. The second-order valence-electron chi connectivity index (χ2n) is 8.68. The van der Waals surface area contributed by atoms with E-state index in [-0.39, 0.29) is 11.3 Å². The summed E-state index contributed by atoms with van der Waals surface area (Å²) in [4.78, 5) is 16.6. The molecular formula is C25H26F2N6O2. The first-order valence-electron chi connectivity index (χ1n) is 11.7. The largest absolute Gasteiger partial charge is 0.480 e. The van der Waals surface area contributed by atoms with Crippen molar-refractivity contribution >= 4 is 11.2 Å². The number of ether oxygens (including phenoxy) is 2. The molecule has 6 rings (SSSR count). The van der Waals surface area contributed by atoms with Crippen LogP contribution < -0.4 is 4.74 Å². The summed E-state index contributed by atoms with van der Waals surface area (Å²) in [6.45, 7) is 2.64. The highest BCUT2D eigenvalue weighted by molar-refractivity contribution is 5.87. The van der Waals surface area contributed by atoms with Gasteiger partial charge in [-0.05, 0) is 51.2 Å². The molecule has 1 saturated heterocycles. The molecular weight excluding hydrogens is 454 g/mol. The van der Waals surface area contributed by atoms with Gasteiger partial charge in [-0.15, -0.1) is 0 Å². The van der Waals surface area contributed by atoms with E-state index in [0.717, 1.165) is 25.2 Å². The molecule has 3 aromatic heterocycles. The summed E-state index contributed by atoms with van der Waals surface area (Å²) in [5.41, 5.74) is 2.82. The monoisotopic (exact) mass is 480 g/mol. The van der Waals surface area contributed by atoms with E-state index in [0.29, 0.717) is 34.9 Å². The quantitative estimate of drug-likeness (QED) is 0.400. The zero-order chi connectivity index (χ0) is 24.4. The van der Waals surface area contributed by atoms with Gasteiger partial charge in [0.05, 0.1) is 25.5 Å². The highest BCUT2D eigenvalue weighted by atomic mass is 19.1. The molecule has 8 nitrogen and oxygen atoms in total. The van der Waals surface area contributed by atoms with Crippen LogP contribution in [0.25, 0.3) is 22.4 Å². The average molecular weight is 481 g/mol. The number of fused-ring (bicyclic) bond motifs is 1. The van der Waals surface area contributed by atoms with Crippen molar-refractivity contribution in [2.45, 2.75) is 51.2 Å². The Hall–Kier alpha value is -3.53. The lowest BCUT2D eigenvalue weighted by Gasteiger charge is -2.21. The van der Waals surface area contributed by atoms with Gasteiger partial charge in [0.25, 0.3) is 0 Å². The highest BCUT2D eigenvalue weighted by Gasteiger charge is 2.26. The Morgan fingerprint density at radius 1 is 1.09 bits per heavy atom. The SMILES string of the molecule is COc1nc2c(-c3ccc(F)cc3F)ncnc2nc1C.c1nn(C2CC2)cc1[C@H]1CCCCO1. The van der Waals surface area contributed by atoms with Crippen molar-refractivity contribution in [1.29, 1.82) is 0 Å². The van der Waals surface area contributed by atoms with Gasteiger partial charge in [-0.3, -0.25) is 4.68 Å². The van der Waals surface area contributed by atoms with Crippen LogP contribution in [0, 0.1) is 18.6 Å².